The van der Waals surface area contributed by atoms with Crippen LogP contribution in [0, 0.1) is 18.7 Å². The van der Waals surface area contributed by atoms with Gasteiger partial charge in [0.05, 0.1) is 6.10 Å². The van der Waals surface area contributed by atoms with Crippen LogP contribution >= 0.6 is 0 Å². The van der Waals surface area contributed by atoms with Crippen molar-refractivity contribution in [2.45, 2.75) is 26.4 Å². The molecule has 0 bridgehead atoms. The number of ether oxygens (including phenoxy) is 1. The first-order valence-corrected chi connectivity index (χ1v) is 6.30. The number of halogens is 1. The van der Waals surface area contributed by atoms with Gasteiger partial charge in [-0.05, 0) is 43.1 Å². The molecule has 2 unspecified atom stereocenters. The standard InChI is InChI=1S/C14H20FNO/c1-3-16-9-11-6-7-17-14(11)13-5-4-12(15)8-10(13)2/h4-5,8,11,14,16H,3,6-7,9H2,1-2H3. The molecule has 2 rings (SSSR count). The van der Waals surface area contributed by atoms with Gasteiger partial charge in [-0.25, -0.2) is 4.39 Å². The lowest BCUT2D eigenvalue weighted by Gasteiger charge is -2.20. The number of rotatable bonds is 4. The van der Waals surface area contributed by atoms with Crippen molar-refractivity contribution in [3.63, 3.8) is 0 Å². The Morgan fingerprint density at radius 1 is 1.47 bits per heavy atom. The van der Waals surface area contributed by atoms with E-state index in [0.29, 0.717) is 5.92 Å². The second kappa shape index (κ2) is 5.61. The molecule has 1 aliphatic heterocycles. The molecule has 1 aromatic rings. The van der Waals surface area contributed by atoms with Gasteiger partial charge in [-0.15, -0.1) is 0 Å². The van der Waals surface area contributed by atoms with Crippen molar-refractivity contribution < 1.29 is 9.13 Å². The minimum atomic E-state index is -0.174. The summed E-state index contributed by atoms with van der Waals surface area (Å²) in [4.78, 5) is 0. The number of aryl methyl sites for hydroxylation is 1. The number of benzene rings is 1. The molecule has 17 heavy (non-hydrogen) atoms. The van der Waals surface area contributed by atoms with Crippen LogP contribution in [0.3, 0.4) is 0 Å². The summed E-state index contributed by atoms with van der Waals surface area (Å²) in [5.41, 5.74) is 2.12. The van der Waals surface area contributed by atoms with Crippen LogP contribution in [-0.4, -0.2) is 19.7 Å². The lowest BCUT2D eigenvalue weighted by atomic mass is 9.92. The summed E-state index contributed by atoms with van der Waals surface area (Å²) >= 11 is 0. The van der Waals surface area contributed by atoms with Crippen molar-refractivity contribution >= 4 is 0 Å². The van der Waals surface area contributed by atoms with Gasteiger partial charge in [0.15, 0.2) is 0 Å². The van der Waals surface area contributed by atoms with E-state index in [2.05, 4.69) is 12.2 Å². The third-order valence-electron chi connectivity index (χ3n) is 3.41. The van der Waals surface area contributed by atoms with Crippen molar-refractivity contribution in [1.82, 2.24) is 5.32 Å². The van der Waals surface area contributed by atoms with E-state index in [1.807, 2.05) is 13.0 Å². The Bertz CT molecular complexity index is 380. The Balaban J connectivity index is 2.14. The highest BCUT2D eigenvalue weighted by Gasteiger charge is 2.30. The van der Waals surface area contributed by atoms with E-state index in [0.717, 1.165) is 37.2 Å². The average Bonchev–Trinajstić information content (AvgIpc) is 2.74. The molecule has 0 amide bonds. The minimum absolute atomic E-state index is 0.120. The summed E-state index contributed by atoms with van der Waals surface area (Å²) < 4.78 is 18.9. The quantitative estimate of drug-likeness (QED) is 0.869. The smallest absolute Gasteiger partial charge is 0.123 e. The molecule has 1 aliphatic rings. The van der Waals surface area contributed by atoms with Crippen LogP contribution in [0.2, 0.25) is 0 Å². The van der Waals surface area contributed by atoms with Crippen LogP contribution < -0.4 is 5.32 Å². The van der Waals surface area contributed by atoms with Crippen LogP contribution in [0.15, 0.2) is 18.2 Å². The van der Waals surface area contributed by atoms with E-state index < -0.39 is 0 Å². The highest BCUT2D eigenvalue weighted by molar-refractivity contribution is 5.29. The predicted molar refractivity (Wildman–Crippen MR) is 66.5 cm³/mol. The lowest BCUT2D eigenvalue weighted by Crippen LogP contribution is -2.24. The second-order valence-corrected chi connectivity index (χ2v) is 4.65. The predicted octanol–water partition coefficient (Wildman–Crippen LogP) is 2.82. The largest absolute Gasteiger partial charge is 0.373 e. The number of hydrogen-bond acceptors (Lipinski definition) is 2. The topological polar surface area (TPSA) is 21.3 Å². The van der Waals surface area contributed by atoms with E-state index in [1.165, 1.54) is 6.07 Å². The monoisotopic (exact) mass is 237 g/mol. The van der Waals surface area contributed by atoms with Gasteiger partial charge in [-0.1, -0.05) is 13.0 Å². The summed E-state index contributed by atoms with van der Waals surface area (Å²) in [5.74, 6) is 0.326. The first-order chi connectivity index (χ1) is 8.22. The van der Waals surface area contributed by atoms with E-state index in [4.69, 9.17) is 4.74 Å². The molecular weight excluding hydrogens is 217 g/mol. The van der Waals surface area contributed by atoms with Crippen LogP contribution in [0.1, 0.15) is 30.6 Å². The zero-order chi connectivity index (χ0) is 12.3. The Morgan fingerprint density at radius 2 is 2.29 bits per heavy atom. The first kappa shape index (κ1) is 12.5. The number of hydrogen-bond donors (Lipinski definition) is 1. The fraction of sp³-hybridized carbons (Fsp3) is 0.571. The molecule has 94 valence electrons. The Labute approximate surface area is 102 Å². The Morgan fingerprint density at radius 3 is 3.00 bits per heavy atom. The third-order valence-corrected chi connectivity index (χ3v) is 3.41. The second-order valence-electron chi connectivity index (χ2n) is 4.65. The van der Waals surface area contributed by atoms with Gasteiger partial charge in [0.25, 0.3) is 0 Å². The van der Waals surface area contributed by atoms with Gasteiger partial charge in [0, 0.05) is 19.1 Å². The van der Waals surface area contributed by atoms with Gasteiger partial charge in [-0.3, -0.25) is 0 Å². The summed E-state index contributed by atoms with van der Waals surface area (Å²) in [5, 5.41) is 3.37. The average molecular weight is 237 g/mol. The maximum atomic E-state index is 13.1. The van der Waals surface area contributed by atoms with E-state index in [-0.39, 0.29) is 11.9 Å². The van der Waals surface area contributed by atoms with Crippen molar-refractivity contribution in [2.75, 3.05) is 19.7 Å². The highest BCUT2D eigenvalue weighted by atomic mass is 19.1. The molecule has 0 saturated carbocycles. The molecule has 1 N–H and O–H groups in total. The first-order valence-electron chi connectivity index (χ1n) is 6.30. The molecule has 0 aliphatic carbocycles. The molecule has 0 radical (unpaired) electrons. The van der Waals surface area contributed by atoms with Crippen molar-refractivity contribution in [1.29, 1.82) is 0 Å². The molecule has 2 atom stereocenters. The SMILES string of the molecule is CCNCC1CCOC1c1ccc(F)cc1C. The molecule has 1 fully saturated rings. The van der Waals surface area contributed by atoms with Gasteiger partial charge >= 0.3 is 0 Å². The van der Waals surface area contributed by atoms with Crippen molar-refractivity contribution in [3.05, 3.63) is 35.1 Å². The summed E-state index contributed by atoms with van der Waals surface area (Å²) in [7, 11) is 0. The van der Waals surface area contributed by atoms with E-state index in [9.17, 15) is 4.39 Å². The van der Waals surface area contributed by atoms with Crippen LogP contribution in [-0.2, 0) is 4.74 Å². The van der Waals surface area contributed by atoms with Gasteiger partial charge in [0.1, 0.15) is 5.82 Å². The van der Waals surface area contributed by atoms with Crippen LogP contribution in [0.25, 0.3) is 0 Å². The molecular formula is C14H20FNO. The zero-order valence-electron chi connectivity index (χ0n) is 10.5. The molecule has 2 nitrogen and oxygen atoms in total. The third kappa shape index (κ3) is 2.85. The number of nitrogens with one attached hydrogen (secondary N) is 1. The lowest BCUT2D eigenvalue weighted by molar-refractivity contribution is 0.0901. The molecule has 1 heterocycles. The summed E-state index contributed by atoms with van der Waals surface area (Å²) in [6, 6.07) is 4.97. The van der Waals surface area contributed by atoms with Crippen molar-refractivity contribution in [2.24, 2.45) is 5.92 Å². The highest BCUT2D eigenvalue weighted by Crippen LogP contribution is 2.35. The molecule has 1 saturated heterocycles. The van der Waals surface area contributed by atoms with Gasteiger partial charge < -0.3 is 10.1 Å². The van der Waals surface area contributed by atoms with E-state index >= 15 is 0 Å². The molecule has 1 aromatic carbocycles. The summed E-state index contributed by atoms with van der Waals surface area (Å²) in [6.07, 6.45) is 1.20. The normalized spacial score (nSPS) is 24.2. The van der Waals surface area contributed by atoms with Gasteiger partial charge in [0.2, 0.25) is 0 Å². The van der Waals surface area contributed by atoms with Crippen molar-refractivity contribution in [3.8, 4) is 0 Å². The maximum Gasteiger partial charge on any atom is 0.123 e. The summed E-state index contributed by atoms with van der Waals surface area (Å²) in [6.45, 7) is 6.81. The fourth-order valence-electron chi connectivity index (χ4n) is 2.47. The zero-order valence-corrected chi connectivity index (χ0v) is 10.5. The Hall–Kier alpha value is -0.930. The molecule has 3 heteroatoms. The van der Waals surface area contributed by atoms with E-state index in [1.54, 1.807) is 6.07 Å². The van der Waals surface area contributed by atoms with Gasteiger partial charge in [-0.2, -0.15) is 0 Å². The maximum absolute atomic E-state index is 13.1. The molecule has 0 spiro atoms. The fourth-order valence-corrected chi connectivity index (χ4v) is 2.47. The minimum Gasteiger partial charge on any atom is -0.373 e. The van der Waals surface area contributed by atoms with Crippen LogP contribution in [0.4, 0.5) is 4.39 Å². The Kier molecular flexibility index (Phi) is 4.13. The van der Waals surface area contributed by atoms with Crippen LogP contribution in [0.5, 0.6) is 0 Å². The molecule has 0 aromatic heterocycles.